The Morgan fingerprint density at radius 3 is 2.66 bits per heavy atom. The quantitative estimate of drug-likeness (QED) is 0.471. The summed E-state index contributed by atoms with van der Waals surface area (Å²) in [6, 6.07) is 19.9. The molecule has 1 N–H and O–H groups in total. The molecule has 0 aliphatic carbocycles. The van der Waals surface area contributed by atoms with Gasteiger partial charge in [-0.2, -0.15) is 0 Å². The zero-order valence-electron chi connectivity index (χ0n) is 20.4. The van der Waals surface area contributed by atoms with Crippen molar-refractivity contribution in [2.24, 2.45) is 0 Å². The van der Waals surface area contributed by atoms with Gasteiger partial charge in [-0.15, -0.1) is 0 Å². The van der Waals surface area contributed by atoms with Gasteiger partial charge >= 0.3 is 0 Å². The van der Waals surface area contributed by atoms with Crippen LogP contribution in [0.5, 0.6) is 11.5 Å². The molecule has 1 amide bonds. The van der Waals surface area contributed by atoms with Crippen LogP contribution in [0.25, 0.3) is 6.08 Å². The topological polar surface area (TPSA) is 50.8 Å². The van der Waals surface area contributed by atoms with Crippen molar-refractivity contribution in [3.63, 3.8) is 0 Å². The molecule has 3 aromatic rings. The predicted octanol–water partition coefficient (Wildman–Crippen LogP) is 5.87. The van der Waals surface area contributed by atoms with Crippen molar-refractivity contribution < 1.29 is 14.3 Å². The largest absolute Gasteiger partial charge is 0.493 e. The number of amides is 1. The van der Waals surface area contributed by atoms with Gasteiger partial charge in [0.05, 0.1) is 13.7 Å². The fourth-order valence-corrected chi connectivity index (χ4v) is 5.37. The first-order chi connectivity index (χ1) is 16.7. The number of anilines is 1. The number of rotatable bonds is 6. The van der Waals surface area contributed by atoms with Crippen molar-refractivity contribution in [3.05, 3.63) is 94.0 Å². The Balaban J connectivity index is 1.44. The van der Waals surface area contributed by atoms with Crippen LogP contribution in [0.4, 0.5) is 5.69 Å². The molecule has 1 fully saturated rings. The normalized spacial score (nSPS) is 20.0. The first kappa shape index (κ1) is 23.3. The Morgan fingerprint density at radius 1 is 1.09 bits per heavy atom. The lowest BCUT2D eigenvalue weighted by molar-refractivity contribution is -0.118. The number of ether oxygens (including phenoxy) is 2. The first-order valence-electron chi connectivity index (χ1n) is 11.7. The average Bonchev–Trinajstić information content (AvgIpc) is 3.27. The lowest BCUT2D eigenvalue weighted by atomic mass is 9.75. The lowest BCUT2D eigenvalue weighted by Crippen LogP contribution is -2.58. The van der Waals surface area contributed by atoms with Crippen LogP contribution in [0.1, 0.15) is 36.1 Å². The number of fused-ring (bicyclic) bond motifs is 3. The van der Waals surface area contributed by atoms with Gasteiger partial charge in [0, 0.05) is 21.7 Å². The van der Waals surface area contributed by atoms with Crippen molar-refractivity contribution >= 4 is 29.3 Å². The summed E-state index contributed by atoms with van der Waals surface area (Å²) < 4.78 is 11.6. The van der Waals surface area contributed by atoms with Crippen LogP contribution in [0.3, 0.4) is 0 Å². The molecule has 5 nitrogen and oxygen atoms in total. The second-order valence-electron chi connectivity index (χ2n) is 9.67. The Morgan fingerprint density at radius 2 is 1.89 bits per heavy atom. The van der Waals surface area contributed by atoms with E-state index in [-0.39, 0.29) is 11.3 Å². The maximum atomic E-state index is 12.6. The summed E-state index contributed by atoms with van der Waals surface area (Å²) in [6.07, 6.45) is 4.14. The molecule has 0 aromatic heterocycles. The standard InChI is InChI=1S/C29H29ClN2O3/c1-19-9-11-24-22(15-19)28(2,3)29(31-27(33)17-32(24)29)14-13-20-10-12-25(26(16-20)34-4)35-18-21-7-5-6-8-23(21)30/h5-16H,17-18H2,1-4H3,(H,31,33). The van der Waals surface area contributed by atoms with E-state index in [1.807, 2.05) is 48.5 Å². The fourth-order valence-electron chi connectivity index (χ4n) is 5.18. The van der Waals surface area contributed by atoms with Gasteiger partial charge < -0.3 is 19.7 Å². The van der Waals surface area contributed by atoms with Gasteiger partial charge in [-0.3, -0.25) is 4.79 Å². The Bertz CT molecular complexity index is 1330. The molecule has 3 aromatic carbocycles. The van der Waals surface area contributed by atoms with Gasteiger partial charge in [0.2, 0.25) is 5.91 Å². The highest BCUT2D eigenvalue weighted by atomic mass is 35.5. The van der Waals surface area contributed by atoms with Gasteiger partial charge in [0.15, 0.2) is 11.5 Å². The number of carbonyl (C=O) groups is 1. The van der Waals surface area contributed by atoms with E-state index in [4.69, 9.17) is 21.1 Å². The molecule has 180 valence electrons. The van der Waals surface area contributed by atoms with E-state index in [9.17, 15) is 4.79 Å². The molecule has 0 saturated carbocycles. The summed E-state index contributed by atoms with van der Waals surface area (Å²) in [5.74, 6) is 1.30. The molecule has 2 aliphatic heterocycles. The molecule has 1 atom stereocenters. The highest BCUT2D eigenvalue weighted by molar-refractivity contribution is 6.31. The molecule has 0 radical (unpaired) electrons. The summed E-state index contributed by atoms with van der Waals surface area (Å²) >= 11 is 6.26. The molecule has 1 saturated heterocycles. The monoisotopic (exact) mass is 488 g/mol. The van der Waals surface area contributed by atoms with Crippen molar-refractivity contribution in [2.75, 3.05) is 18.6 Å². The molecule has 35 heavy (non-hydrogen) atoms. The van der Waals surface area contributed by atoms with E-state index in [0.717, 1.165) is 16.8 Å². The highest BCUT2D eigenvalue weighted by Gasteiger charge is 2.59. The Kier molecular flexibility index (Phi) is 5.76. The van der Waals surface area contributed by atoms with Crippen molar-refractivity contribution in [1.82, 2.24) is 5.32 Å². The summed E-state index contributed by atoms with van der Waals surface area (Å²) in [4.78, 5) is 14.7. The smallest absolute Gasteiger partial charge is 0.241 e. The summed E-state index contributed by atoms with van der Waals surface area (Å²) in [7, 11) is 1.63. The molecule has 0 bridgehead atoms. The van der Waals surface area contributed by atoms with E-state index in [1.54, 1.807) is 7.11 Å². The molecule has 6 heteroatoms. The van der Waals surface area contributed by atoms with E-state index in [0.29, 0.717) is 29.7 Å². The third-order valence-electron chi connectivity index (χ3n) is 7.17. The minimum atomic E-state index is -0.646. The zero-order valence-corrected chi connectivity index (χ0v) is 21.1. The maximum absolute atomic E-state index is 12.6. The van der Waals surface area contributed by atoms with Crippen LogP contribution in [0.15, 0.2) is 66.7 Å². The van der Waals surface area contributed by atoms with E-state index < -0.39 is 5.66 Å². The molecular weight excluding hydrogens is 460 g/mol. The number of hydrogen-bond donors (Lipinski definition) is 1. The predicted molar refractivity (Wildman–Crippen MR) is 140 cm³/mol. The van der Waals surface area contributed by atoms with Gasteiger partial charge in [0.1, 0.15) is 12.3 Å². The average molecular weight is 489 g/mol. The number of nitrogens with one attached hydrogen (secondary N) is 1. The van der Waals surface area contributed by atoms with Gasteiger partial charge in [-0.05, 0) is 48.4 Å². The number of benzene rings is 3. The molecule has 0 spiro atoms. The number of carbonyl (C=O) groups excluding carboxylic acids is 1. The number of methoxy groups -OCH3 is 1. The van der Waals surface area contributed by atoms with Crippen LogP contribution in [-0.2, 0) is 16.8 Å². The van der Waals surface area contributed by atoms with E-state index >= 15 is 0 Å². The summed E-state index contributed by atoms with van der Waals surface area (Å²) in [5, 5.41) is 3.94. The third-order valence-corrected chi connectivity index (χ3v) is 7.54. The maximum Gasteiger partial charge on any atom is 0.241 e. The zero-order chi connectivity index (χ0) is 24.8. The third kappa shape index (κ3) is 3.84. The summed E-state index contributed by atoms with van der Waals surface area (Å²) in [6.45, 7) is 7.16. The molecule has 5 rings (SSSR count). The highest BCUT2D eigenvalue weighted by Crippen LogP contribution is 2.53. The van der Waals surface area contributed by atoms with Crippen LogP contribution < -0.4 is 19.7 Å². The number of halogens is 1. The van der Waals surface area contributed by atoms with Crippen LogP contribution in [0, 0.1) is 6.92 Å². The minimum Gasteiger partial charge on any atom is -0.493 e. The second-order valence-corrected chi connectivity index (χ2v) is 10.1. The molecule has 2 heterocycles. The number of nitrogens with zero attached hydrogens (tertiary/aromatic N) is 1. The second kappa shape index (κ2) is 8.65. The first-order valence-corrected chi connectivity index (χ1v) is 12.1. The van der Waals surface area contributed by atoms with Crippen LogP contribution >= 0.6 is 11.6 Å². The summed E-state index contributed by atoms with van der Waals surface area (Å²) in [5.41, 5.74) is 4.44. The number of hydrogen-bond acceptors (Lipinski definition) is 4. The number of aryl methyl sites for hydroxylation is 1. The van der Waals surface area contributed by atoms with Crippen LogP contribution in [-0.4, -0.2) is 25.2 Å². The van der Waals surface area contributed by atoms with E-state index in [1.165, 1.54) is 11.1 Å². The van der Waals surface area contributed by atoms with E-state index in [2.05, 4.69) is 55.3 Å². The van der Waals surface area contributed by atoms with Gasteiger partial charge in [0.25, 0.3) is 0 Å². The lowest BCUT2D eigenvalue weighted by Gasteiger charge is -2.40. The molecule has 2 aliphatic rings. The van der Waals surface area contributed by atoms with Crippen molar-refractivity contribution in [2.45, 2.75) is 38.5 Å². The minimum absolute atomic E-state index is 0.0230. The van der Waals surface area contributed by atoms with Crippen molar-refractivity contribution in [1.29, 1.82) is 0 Å². The Labute approximate surface area is 211 Å². The fraction of sp³-hybridized carbons (Fsp3) is 0.276. The van der Waals surface area contributed by atoms with Gasteiger partial charge in [-0.1, -0.05) is 73.5 Å². The Hall–Kier alpha value is -3.44. The molecular formula is C29H29ClN2O3. The van der Waals surface area contributed by atoms with Crippen LogP contribution in [0.2, 0.25) is 5.02 Å². The SMILES string of the molecule is COc1cc(C=CC23NC(=O)CN2c2ccc(C)cc2C3(C)C)ccc1OCc1ccccc1Cl. The molecule has 1 unspecified atom stereocenters. The van der Waals surface area contributed by atoms with Crippen molar-refractivity contribution in [3.8, 4) is 11.5 Å². The van der Waals surface area contributed by atoms with Gasteiger partial charge in [-0.25, -0.2) is 0 Å².